The summed E-state index contributed by atoms with van der Waals surface area (Å²) in [5.74, 6) is 5.25. The van der Waals surface area contributed by atoms with Crippen molar-refractivity contribution >= 4 is 27.4 Å². The molecular weight excluding hydrogens is 296 g/mol. The van der Waals surface area contributed by atoms with E-state index in [-0.39, 0.29) is 0 Å². The Labute approximate surface area is 113 Å². The zero-order valence-corrected chi connectivity index (χ0v) is 11.5. The molecule has 0 saturated heterocycles. The van der Waals surface area contributed by atoms with Crippen LogP contribution in [-0.2, 0) is 4.79 Å². The Hall–Kier alpha value is -1.87. The van der Waals surface area contributed by atoms with Crippen LogP contribution in [0.25, 0.3) is 5.52 Å². The first-order chi connectivity index (χ1) is 8.42. The van der Waals surface area contributed by atoms with E-state index >= 15 is 0 Å². The highest BCUT2D eigenvalue weighted by Gasteiger charge is 2.21. The lowest BCUT2D eigenvalue weighted by Gasteiger charge is -2.10. The van der Waals surface area contributed by atoms with Crippen molar-refractivity contribution < 1.29 is 4.79 Å². The lowest BCUT2D eigenvalue weighted by atomic mass is 9.93. The molecule has 0 aliphatic rings. The largest absolute Gasteiger partial charge is 0.368 e. The van der Waals surface area contributed by atoms with Crippen molar-refractivity contribution in [2.45, 2.75) is 13.8 Å². The number of aromatic nitrogens is 3. The summed E-state index contributed by atoms with van der Waals surface area (Å²) in [6.45, 7) is 3.35. The quantitative estimate of drug-likeness (QED) is 0.808. The van der Waals surface area contributed by atoms with Crippen molar-refractivity contribution in [1.29, 1.82) is 0 Å². The van der Waals surface area contributed by atoms with Crippen molar-refractivity contribution in [3.63, 3.8) is 0 Å². The second-order valence-electron chi connectivity index (χ2n) is 4.30. The number of carbonyl (C=O) groups excluding carboxylic acids is 1. The van der Waals surface area contributed by atoms with Gasteiger partial charge >= 0.3 is 0 Å². The first kappa shape index (κ1) is 12.6. The van der Waals surface area contributed by atoms with E-state index in [1.54, 1.807) is 37.0 Å². The molecule has 0 aliphatic carbocycles. The van der Waals surface area contributed by atoms with Crippen molar-refractivity contribution in [3.8, 4) is 11.8 Å². The molecule has 0 atom stereocenters. The Morgan fingerprint density at radius 2 is 2.28 bits per heavy atom. The second kappa shape index (κ2) is 4.42. The standard InChI is InChI=1S/C12H11BrN4O/c1-12(2,11(14)18)4-3-9-10-8(13)7-16-17(10)6-5-15-9/h5-7H,1-2H3,(H2,14,18). The Bertz CT molecular complexity index is 678. The van der Waals surface area contributed by atoms with Gasteiger partial charge in [0.2, 0.25) is 5.91 Å². The number of carbonyl (C=O) groups is 1. The summed E-state index contributed by atoms with van der Waals surface area (Å²) in [5.41, 5.74) is 5.70. The lowest BCUT2D eigenvalue weighted by Crippen LogP contribution is -2.29. The van der Waals surface area contributed by atoms with Gasteiger partial charge in [0, 0.05) is 12.4 Å². The minimum absolute atomic E-state index is 0.463. The zero-order valence-electron chi connectivity index (χ0n) is 9.94. The molecule has 18 heavy (non-hydrogen) atoms. The number of amides is 1. The van der Waals surface area contributed by atoms with Crippen molar-refractivity contribution in [3.05, 3.63) is 28.8 Å². The maximum absolute atomic E-state index is 11.2. The van der Waals surface area contributed by atoms with Crippen LogP contribution in [0.4, 0.5) is 0 Å². The molecule has 0 aliphatic heterocycles. The zero-order chi connectivity index (χ0) is 13.3. The van der Waals surface area contributed by atoms with E-state index in [2.05, 4.69) is 37.9 Å². The van der Waals surface area contributed by atoms with Crippen LogP contribution in [0.3, 0.4) is 0 Å². The van der Waals surface area contributed by atoms with Crippen LogP contribution in [0.1, 0.15) is 19.5 Å². The number of hydrogen-bond donors (Lipinski definition) is 1. The Morgan fingerprint density at radius 3 is 2.94 bits per heavy atom. The fourth-order valence-corrected chi connectivity index (χ4v) is 1.74. The van der Waals surface area contributed by atoms with Crippen LogP contribution in [0, 0.1) is 17.3 Å². The summed E-state index contributed by atoms with van der Waals surface area (Å²) >= 11 is 3.38. The lowest BCUT2D eigenvalue weighted by molar-refractivity contribution is -0.123. The molecule has 0 spiro atoms. The van der Waals surface area contributed by atoms with Gasteiger partial charge in [-0.25, -0.2) is 9.50 Å². The van der Waals surface area contributed by atoms with Crippen LogP contribution < -0.4 is 5.73 Å². The van der Waals surface area contributed by atoms with Gasteiger partial charge in [0.1, 0.15) is 16.6 Å². The monoisotopic (exact) mass is 306 g/mol. The molecule has 2 rings (SSSR count). The van der Waals surface area contributed by atoms with Crippen LogP contribution >= 0.6 is 15.9 Å². The molecule has 2 aromatic rings. The highest BCUT2D eigenvalue weighted by atomic mass is 79.9. The summed E-state index contributed by atoms with van der Waals surface area (Å²) in [6.07, 6.45) is 5.00. The molecule has 2 N–H and O–H groups in total. The van der Waals surface area contributed by atoms with Gasteiger partial charge in [-0.05, 0) is 35.7 Å². The van der Waals surface area contributed by atoms with E-state index in [4.69, 9.17) is 5.73 Å². The normalized spacial score (nSPS) is 11.1. The van der Waals surface area contributed by atoms with Gasteiger partial charge in [0.25, 0.3) is 0 Å². The smallest absolute Gasteiger partial charge is 0.235 e. The van der Waals surface area contributed by atoms with Crippen molar-refractivity contribution in [2.24, 2.45) is 11.1 Å². The number of primary amides is 1. The van der Waals surface area contributed by atoms with E-state index in [9.17, 15) is 4.79 Å². The van der Waals surface area contributed by atoms with Crippen molar-refractivity contribution in [1.82, 2.24) is 14.6 Å². The second-order valence-corrected chi connectivity index (χ2v) is 5.16. The molecule has 1 amide bonds. The van der Waals surface area contributed by atoms with Gasteiger partial charge < -0.3 is 5.73 Å². The van der Waals surface area contributed by atoms with Crippen LogP contribution in [0.15, 0.2) is 23.1 Å². The minimum Gasteiger partial charge on any atom is -0.368 e. The Morgan fingerprint density at radius 1 is 1.56 bits per heavy atom. The minimum atomic E-state index is -0.888. The van der Waals surface area contributed by atoms with Gasteiger partial charge in [-0.1, -0.05) is 5.92 Å². The van der Waals surface area contributed by atoms with Gasteiger partial charge in [0.15, 0.2) is 0 Å². The molecule has 0 saturated carbocycles. The maximum Gasteiger partial charge on any atom is 0.235 e. The van der Waals surface area contributed by atoms with E-state index in [1.807, 2.05) is 0 Å². The molecule has 0 unspecified atom stereocenters. The first-order valence-corrected chi connectivity index (χ1v) is 6.02. The van der Waals surface area contributed by atoms with Crippen LogP contribution in [0.5, 0.6) is 0 Å². The number of nitrogens with two attached hydrogens (primary N) is 1. The highest BCUT2D eigenvalue weighted by Crippen LogP contribution is 2.19. The van der Waals surface area contributed by atoms with Gasteiger partial charge in [-0.3, -0.25) is 4.79 Å². The van der Waals surface area contributed by atoms with E-state index in [0.717, 1.165) is 9.99 Å². The summed E-state index contributed by atoms with van der Waals surface area (Å²) in [7, 11) is 0. The van der Waals surface area contributed by atoms with Gasteiger partial charge in [-0.15, -0.1) is 0 Å². The molecule has 2 aromatic heterocycles. The third kappa shape index (κ3) is 2.22. The summed E-state index contributed by atoms with van der Waals surface area (Å²) in [4.78, 5) is 15.4. The van der Waals surface area contributed by atoms with Gasteiger partial charge in [0.05, 0.1) is 10.7 Å². The van der Waals surface area contributed by atoms with Crippen LogP contribution in [0.2, 0.25) is 0 Å². The predicted octanol–water partition coefficient (Wildman–Crippen LogP) is 1.35. The van der Waals surface area contributed by atoms with Gasteiger partial charge in [-0.2, -0.15) is 5.10 Å². The highest BCUT2D eigenvalue weighted by molar-refractivity contribution is 9.10. The molecule has 2 heterocycles. The SMILES string of the molecule is CC(C)(C#Cc1nccn2ncc(Br)c12)C(N)=O. The Balaban J connectivity index is 2.54. The average Bonchev–Trinajstić information content (AvgIpc) is 2.69. The summed E-state index contributed by atoms with van der Waals surface area (Å²) in [5, 5.41) is 4.13. The van der Waals surface area contributed by atoms with Crippen LogP contribution in [-0.4, -0.2) is 20.5 Å². The molecule has 0 radical (unpaired) electrons. The predicted molar refractivity (Wildman–Crippen MR) is 70.5 cm³/mol. The summed E-state index contributed by atoms with van der Waals surface area (Å²) in [6, 6.07) is 0. The van der Waals surface area contributed by atoms with E-state index in [1.165, 1.54) is 0 Å². The third-order valence-electron chi connectivity index (χ3n) is 2.50. The summed E-state index contributed by atoms with van der Waals surface area (Å²) < 4.78 is 2.47. The number of hydrogen-bond acceptors (Lipinski definition) is 3. The molecule has 6 heteroatoms. The first-order valence-electron chi connectivity index (χ1n) is 5.23. The third-order valence-corrected chi connectivity index (χ3v) is 3.08. The molecule has 0 fully saturated rings. The fraction of sp³-hybridized carbons (Fsp3) is 0.250. The van der Waals surface area contributed by atoms with Crippen molar-refractivity contribution in [2.75, 3.05) is 0 Å². The number of nitrogens with zero attached hydrogens (tertiary/aromatic N) is 3. The average molecular weight is 307 g/mol. The fourth-order valence-electron chi connectivity index (χ4n) is 1.28. The molecule has 0 aromatic carbocycles. The number of halogens is 1. The Kier molecular flexibility index (Phi) is 3.09. The molecular formula is C12H11BrN4O. The number of rotatable bonds is 1. The molecule has 92 valence electrons. The maximum atomic E-state index is 11.2. The van der Waals surface area contributed by atoms with E-state index < -0.39 is 11.3 Å². The topological polar surface area (TPSA) is 73.3 Å². The molecule has 5 nitrogen and oxygen atoms in total. The van der Waals surface area contributed by atoms with E-state index in [0.29, 0.717) is 5.69 Å². The molecule has 0 bridgehead atoms. The number of fused-ring (bicyclic) bond motifs is 1.